The monoisotopic (exact) mass is 598 g/mol. The number of sulfonamides is 1. The lowest BCUT2D eigenvalue weighted by atomic mass is 9.87. The van der Waals surface area contributed by atoms with E-state index in [0.717, 1.165) is 18.9 Å². The van der Waals surface area contributed by atoms with Crippen molar-refractivity contribution < 1.29 is 27.5 Å². The third-order valence-electron chi connectivity index (χ3n) is 6.99. The van der Waals surface area contributed by atoms with E-state index < -0.39 is 45.7 Å². The van der Waals surface area contributed by atoms with Crippen LogP contribution in [0.2, 0.25) is 0 Å². The Morgan fingerprint density at radius 1 is 1.07 bits per heavy atom. The molecule has 0 spiro atoms. The first-order chi connectivity index (χ1) is 19.8. The van der Waals surface area contributed by atoms with Gasteiger partial charge >= 0.3 is 5.97 Å². The van der Waals surface area contributed by atoms with Crippen molar-refractivity contribution in [2.75, 3.05) is 29.9 Å². The molecule has 11 nitrogen and oxygen atoms in total. The van der Waals surface area contributed by atoms with Crippen molar-refractivity contribution in [3.8, 4) is 0 Å². The number of hydrogen-bond donors (Lipinski definition) is 4. The first kappa shape index (κ1) is 30.8. The summed E-state index contributed by atoms with van der Waals surface area (Å²) in [6.07, 6.45) is 4.80. The Morgan fingerprint density at radius 3 is 2.36 bits per heavy atom. The van der Waals surface area contributed by atoms with Crippen molar-refractivity contribution in [1.82, 2.24) is 20.0 Å². The fourth-order valence-electron chi connectivity index (χ4n) is 4.77. The van der Waals surface area contributed by atoms with Crippen LogP contribution in [-0.4, -0.2) is 67.1 Å². The molecule has 3 aromatic rings. The van der Waals surface area contributed by atoms with Gasteiger partial charge in [0.15, 0.2) is 0 Å². The zero-order valence-electron chi connectivity index (χ0n) is 23.7. The molecular weight excluding hydrogens is 563 g/mol. The maximum Gasteiger partial charge on any atom is 0.323 e. The number of carboxylic acid groups (broad SMARTS) is 1. The zero-order valence-corrected chi connectivity index (χ0v) is 24.5. The van der Waals surface area contributed by atoms with Crippen molar-refractivity contribution in [2.45, 2.75) is 56.0 Å². The molecule has 224 valence electrons. The van der Waals surface area contributed by atoms with Crippen molar-refractivity contribution in [1.29, 1.82) is 0 Å². The van der Waals surface area contributed by atoms with E-state index in [1.54, 1.807) is 36.7 Å². The molecule has 4 rings (SSSR count). The number of rotatable bonds is 10. The minimum absolute atomic E-state index is 0.0147. The molecule has 1 amide bonds. The summed E-state index contributed by atoms with van der Waals surface area (Å²) in [6.45, 7) is 6.18. The number of carbonyl (C=O) groups excluding carboxylic acids is 1. The highest BCUT2D eigenvalue weighted by molar-refractivity contribution is 7.89. The van der Waals surface area contributed by atoms with Crippen LogP contribution in [-0.2, 0) is 20.2 Å². The highest BCUT2D eigenvalue weighted by Crippen LogP contribution is 2.29. The van der Waals surface area contributed by atoms with Gasteiger partial charge in [-0.1, -0.05) is 39.0 Å². The molecular formula is C29H35FN6O5S. The minimum Gasteiger partial charge on any atom is -0.480 e. The first-order valence-electron chi connectivity index (χ1n) is 13.6. The van der Waals surface area contributed by atoms with E-state index >= 15 is 4.39 Å². The van der Waals surface area contributed by atoms with Gasteiger partial charge in [-0.2, -0.15) is 4.72 Å². The van der Waals surface area contributed by atoms with E-state index in [9.17, 15) is 23.1 Å². The number of benzene rings is 2. The number of amides is 1. The van der Waals surface area contributed by atoms with Crippen LogP contribution in [0.25, 0.3) is 0 Å². The van der Waals surface area contributed by atoms with Crippen molar-refractivity contribution >= 4 is 33.5 Å². The number of nitrogens with one attached hydrogen (secondary N) is 3. The normalized spacial score (nSPS) is 15.2. The Hall–Kier alpha value is -4.10. The van der Waals surface area contributed by atoms with Crippen LogP contribution in [0.4, 0.5) is 16.0 Å². The summed E-state index contributed by atoms with van der Waals surface area (Å²) < 4.78 is 43.5. The molecule has 13 heteroatoms. The second kappa shape index (κ2) is 12.8. The van der Waals surface area contributed by atoms with E-state index in [2.05, 4.69) is 25.3 Å². The maximum absolute atomic E-state index is 15.1. The molecule has 0 aliphatic carbocycles. The third kappa shape index (κ3) is 7.59. The van der Waals surface area contributed by atoms with Crippen LogP contribution in [0.3, 0.4) is 0 Å². The van der Waals surface area contributed by atoms with Gasteiger partial charge in [0, 0.05) is 43.6 Å². The van der Waals surface area contributed by atoms with Gasteiger partial charge in [0.25, 0.3) is 5.91 Å². The highest BCUT2D eigenvalue weighted by atomic mass is 32.2. The van der Waals surface area contributed by atoms with Crippen molar-refractivity contribution in [3.63, 3.8) is 0 Å². The standard InChI is InChI=1S/C29H35FN6O5S/c1-29(2,3)21-7-4-5-8-25(21)42(40,41)35-23(27(38)39)18-33-26(37)19-9-10-24(22(30)17-19)36-15-11-20(12-16-36)34-28-31-13-6-14-32-28/h4-10,13-14,17,20,23,35H,11-12,15-16,18H2,1-3H3,(H,33,37)(H,38,39)(H,31,32,34)/t23-/m0/s1. The lowest BCUT2D eigenvalue weighted by Gasteiger charge is -2.34. The molecule has 0 unspecified atom stereocenters. The van der Waals surface area contributed by atoms with Crippen LogP contribution < -0.4 is 20.3 Å². The quantitative estimate of drug-likeness (QED) is 0.276. The van der Waals surface area contributed by atoms with Crippen molar-refractivity contribution in [2.24, 2.45) is 0 Å². The number of halogens is 1. The van der Waals surface area contributed by atoms with Crippen LogP contribution in [0.15, 0.2) is 65.8 Å². The molecule has 1 aliphatic heterocycles. The summed E-state index contributed by atoms with van der Waals surface area (Å²) in [5.74, 6) is -2.24. The number of anilines is 2. The van der Waals surface area contributed by atoms with Crippen molar-refractivity contribution in [3.05, 3.63) is 77.9 Å². The van der Waals surface area contributed by atoms with E-state index in [-0.39, 0.29) is 16.5 Å². The van der Waals surface area contributed by atoms with Gasteiger partial charge in [0.05, 0.1) is 10.6 Å². The molecule has 42 heavy (non-hydrogen) atoms. The predicted octanol–water partition coefficient (Wildman–Crippen LogP) is 3.16. The summed E-state index contributed by atoms with van der Waals surface area (Å²) in [5, 5.41) is 15.3. The number of carboxylic acids is 1. The van der Waals surface area contributed by atoms with Crippen LogP contribution in [0.5, 0.6) is 0 Å². The smallest absolute Gasteiger partial charge is 0.323 e. The van der Waals surface area contributed by atoms with Gasteiger partial charge in [-0.3, -0.25) is 9.59 Å². The lowest BCUT2D eigenvalue weighted by molar-refractivity contribution is -0.138. The van der Waals surface area contributed by atoms with Gasteiger partial charge in [0.2, 0.25) is 16.0 Å². The number of hydrogen-bond acceptors (Lipinski definition) is 8. The minimum atomic E-state index is -4.24. The Bertz CT molecular complexity index is 1520. The molecule has 0 bridgehead atoms. The molecule has 0 saturated carbocycles. The van der Waals surface area contributed by atoms with E-state index in [1.165, 1.54) is 18.2 Å². The van der Waals surface area contributed by atoms with E-state index in [4.69, 9.17) is 0 Å². The summed E-state index contributed by atoms with van der Waals surface area (Å²) in [6, 6.07) is 10.6. The van der Waals surface area contributed by atoms with Crippen LogP contribution in [0.1, 0.15) is 49.5 Å². The summed E-state index contributed by atoms with van der Waals surface area (Å²) >= 11 is 0. The number of aliphatic carboxylic acids is 1. The molecule has 2 heterocycles. The molecule has 2 aromatic carbocycles. The third-order valence-corrected chi connectivity index (χ3v) is 8.52. The van der Waals surface area contributed by atoms with E-state index in [1.807, 2.05) is 25.7 Å². The van der Waals surface area contributed by atoms with Crippen LogP contribution >= 0.6 is 0 Å². The predicted molar refractivity (Wildman–Crippen MR) is 157 cm³/mol. The van der Waals surface area contributed by atoms with Crippen LogP contribution in [0, 0.1) is 5.82 Å². The maximum atomic E-state index is 15.1. The Labute approximate surface area is 244 Å². The van der Waals surface area contributed by atoms with Gasteiger partial charge in [-0.05, 0) is 54.2 Å². The topological polar surface area (TPSA) is 154 Å². The SMILES string of the molecule is CC(C)(C)c1ccccc1S(=O)(=O)N[C@@H](CNC(=O)c1ccc(N2CCC(Nc3ncccn3)CC2)c(F)c1)C(=O)O. The number of nitrogens with zero attached hydrogens (tertiary/aromatic N) is 3. The average Bonchev–Trinajstić information content (AvgIpc) is 2.95. The first-order valence-corrected chi connectivity index (χ1v) is 15.0. The summed E-state index contributed by atoms with van der Waals surface area (Å²) in [5.41, 5.74) is 0.346. The Morgan fingerprint density at radius 2 is 1.74 bits per heavy atom. The average molecular weight is 599 g/mol. The Balaban J connectivity index is 1.36. The van der Waals surface area contributed by atoms with Gasteiger partial charge in [0.1, 0.15) is 11.9 Å². The summed E-state index contributed by atoms with van der Waals surface area (Å²) in [4.78, 5) is 34.8. The number of carbonyl (C=O) groups is 2. The molecule has 1 atom stereocenters. The molecule has 1 aliphatic rings. The fraction of sp³-hybridized carbons (Fsp3) is 0.379. The highest BCUT2D eigenvalue weighted by Gasteiger charge is 2.30. The molecule has 1 fully saturated rings. The molecule has 4 N–H and O–H groups in total. The van der Waals surface area contributed by atoms with E-state index in [0.29, 0.717) is 30.3 Å². The zero-order chi connectivity index (χ0) is 30.5. The largest absolute Gasteiger partial charge is 0.480 e. The second-order valence-electron chi connectivity index (χ2n) is 11.1. The lowest BCUT2D eigenvalue weighted by Crippen LogP contribution is -2.48. The van der Waals surface area contributed by atoms with Gasteiger partial charge in [-0.25, -0.2) is 22.8 Å². The van der Waals surface area contributed by atoms with Gasteiger partial charge in [-0.15, -0.1) is 0 Å². The number of piperidine rings is 1. The molecule has 1 aromatic heterocycles. The molecule has 1 saturated heterocycles. The number of aromatic nitrogens is 2. The second-order valence-corrected chi connectivity index (χ2v) is 12.8. The fourth-order valence-corrected chi connectivity index (χ4v) is 6.38. The molecule has 0 radical (unpaired) electrons. The summed E-state index contributed by atoms with van der Waals surface area (Å²) in [7, 11) is -4.24. The Kier molecular flexibility index (Phi) is 9.42. The van der Waals surface area contributed by atoms with Gasteiger partial charge < -0.3 is 20.6 Å².